The van der Waals surface area contributed by atoms with Gasteiger partial charge in [-0.2, -0.15) is 0 Å². The summed E-state index contributed by atoms with van der Waals surface area (Å²) in [7, 11) is -1.71. The molecule has 9 heteroatoms. The number of nitrogens with one attached hydrogen (secondary N) is 1. The molecule has 1 aliphatic heterocycles. The van der Waals surface area contributed by atoms with Crippen molar-refractivity contribution in [1.82, 2.24) is 14.6 Å². The summed E-state index contributed by atoms with van der Waals surface area (Å²) in [5.41, 5.74) is 0.922. The predicted octanol–water partition coefficient (Wildman–Crippen LogP) is 5.00. The fraction of sp³-hybridized carbons (Fsp3) is 0.292. The molecule has 0 spiro atoms. The van der Waals surface area contributed by atoms with E-state index in [2.05, 4.69) is 48.5 Å². The van der Waals surface area contributed by atoms with Crippen LogP contribution in [0.15, 0.2) is 63.4 Å². The van der Waals surface area contributed by atoms with Crippen LogP contribution in [0.4, 0.5) is 5.82 Å². The fourth-order valence-corrected chi connectivity index (χ4v) is 8.40. The van der Waals surface area contributed by atoms with Crippen LogP contribution < -0.4 is 9.62 Å². The van der Waals surface area contributed by atoms with E-state index in [0.717, 1.165) is 53.0 Å². The number of fused-ring (bicyclic) bond motifs is 2. The normalized spacial score (nSPS) is 16.5. The van der Waals surface area contributed by atoms with E-state index in [9.17, 15) is 8.42 Å². The van der Waals surface area contributed by atoms with Gasteiger partial charge in [-0.05, 0) is 58.4 Å². The van der Waals surface area contributed by atoms with E-state index in [-0.39, 0.29) is 10.9 Å². The Bertz CT molecular complexity index is 1430. The monoisotopic (exact) mass is 544 g/mol. The van der Waals surface area contributed by atoms with Gasteiger partial charge in [0.2, 0.25) is 10.0 Å². The van der Waals surface area contributed by atoms with Gasteiger partial charge in [0.15, 0.2) is 0 Å². The van der Waals surface area contributed by atoms with E-state index in [0.29, 0.717) is 9.17 Å². The Hall–Kier alpha value is -2.04. The lowest BCUT2D eigenvalue weighted by atomic mass is 10.0. The van der Waals surface area contributed by atoms with Crippen molar-refractivity contribution in [3.63, 3.8) is 0 Å². The Morgan fingerprint density at radius 3 is 2.55 bits per heavy atom. The summed E-state index contributed by atoms with van der Waals surface area (Å²) in [6.07, 6.45) is 1.76. The van der Waals surface area contributed by atoms with E-state index in [1.807, 2.05) is 49.4 Å². The van der Waals surface area contributed by atoms with Crippen LogP contribution in [0.2, 0.25) is 0 Å². The molecule has 1 atom stereocenters. The van der Waals surface area contributed by atoms with Crippen molar-refractivity contribution in [2.24, 2.45) is 0 Å². The second-order valence-electron chi connectivity index (χ2n) is 8.45. The highest BCUT2D eigenvalue weighted by molar-refractivity contribution is 9.11. The number of nitrogens with zero attached hydrogens (tertiary/aromatic N) is 3. The molecule has 2 aromatic heterocycles. The van der Waals surface area contributed by atoms with Crippen molar-refractivity contribution in [2.45, 2.75) is 17.9 Å². The molecule has 1 N–H and O–H groups in total. The molecule has 0 radical (unpaired) electrons. The van der Waals surface area contributed by atoms with Crippen LogP contribution in [0, 0.1) is 0 Å². The number of sulfonamides is 1. The van der Waals surface area contributed by atoms with Gasteiger partial charge in [0.1, 0.15) is 10.7 Å². The highest BCUT2D eigenvalue weighted by Gasteiger charge is 2.30. The lowest BCUT2D eigenvalue weighted by Crippen LogP contribution is -2.45. The molecule has 2 aromatic carbocycles. The van der Waals surface area contributed by atoms with Gasteiger partial charge in [-0.1, -0.05) is 36.4 Å². The zero-order chi connectivity index (χ0) is 23.2. The molecule has 1 saturated heterocycles. The predicted molar refractivity (Wildman–Crippen MR) is 140 cm³/mol. The number of pyridine rings is 1. The SMILES string of the molecule is CC(NS(=O)(=O)c1c(Br)sc2ccnc(N3CCN(C)CC3)c12)c1ccc2ccccc2c1. The second-order valence-corrected chi connectivity index (χ2v) is 12.5. The molecule has 1 aliphatic rings. The number of piperazine rings is 1. The van der Waals surface area contributed by atoms with Gasteiger partial charge in [0.05, 0.1) is 9.17 Å². The number of hydrogen-bond acceptors (Lipinski definition) is 6. The summed E-state index contributed by atoms with van der Waals surface area (Å²) in [6, 6.07) is 15.6. The highest BCUT2D eigenvalue weighted by Crippen LogP contribution is 2.43. The maximum absolute atomic E-state index is 13.7. The molecular weight excluding hydrogens is 520 g/mol. The quantitative estimate of drug-likeness (QED) is 0.382. The van der Waals surface area contributed by atoms with E-state index in [1.165, 1.54) is 11.3 Å². The minimum atomic E-state index is -3.81. The summed E-state index contributed by atoms with van der Waals surface area (Å²) in [5, 5.41) is 2.91. The molecule has 6 nitrogen and oxygen atoms in total. The van der Waals surface area contributed by atoms with Gasteiger partial charge in [-0.15, -0.1) is 11.3 Å². The first-order valence-electron chi connectivity index (χ1n) is 10.8. The van der Waals surface area contributed by atoms with Crippen molar-refractivity contribution >= 4 is 64.0 Å². The molecule has 4 aromatic rings. The number of hydrogen-bond donors (Lipinski definition) is 1. The Labute approximate surface area is 206 Å². The summed E-state index contributed by atoms with van der Waals surface area (Å²) in [5.74, 6) is 0.737. The van der Waals surface area contributed by atoms with Crippen LogP contribution in [0.5, 0.6) is 0 Å². The van der Waals surface area contributed by atoms with Gasteiger partial charge in [-0.25, -0.2) is 18.1 Å². The molecule has 172 valence electrons. The maximum Gasteiger partial charge on any atom is 0.243 e. The summed E-state index contributed by atoms with van der Waals surface area (Å²) in [6.45, 7) is 5.35. The van der Waals surface area contributed by atoms with Crippen LogP contribution >= 0.6 is 27.3 Å². The van der Waals surface area contributed by atoms with Gasteiger partial charge in [-0.3, -0.25) is 0 Å². The van der Waals surface area contributed by atoms with Gasteiger partial charge >= 0.3 is 0 Å². The molecule has 3 heterocycles. The first-order chi connectivity index (χ1) is 15.8. The van der Waals surface area contributed by atoms with E-state index in [1.54, 1.807) is 6.20 Å². The molecule has 1 fully saturated rings. The molecule has 5 rings (SSSR count). The van der Waals surface area contributed by atoms with Gasteiger partial charge < -0.3 is 9.80 Å². The lowest BCUT2D eigenvalue weighted by molar-refractivity contribution is 0.312. The first-order valence-corrected chi connectivity index (χ1v) is 13.9. The number of likely N-dealkylation sites (N-methyl/N-ethyl adjacent to an activating group) is 1. The third-order valence-corrected chi connectivity index (χ3v) is 10.0. The number of anilines is 1. The molecule has 33 heavy (non-hydrogen) atoms. The Kier molecular flexibility index (Phi) is 6.17. The van der Waals surface area contributed by atoms with Crippen LogP contribution in [0.3, 0.4) is 0 Å². The first kappa shape index (κ1) is 22.7. The molecule has 0 amide bonds. The molecule has 1 unspecified atom stereocenters. The zero-order valence-corrected chi connectivity index (χ0v) is 21.7. The molecule has 0 bridgehead atoms. The van der Waals surface area contributed by atoms with Crippen LogP contribution in [0.25, 0.3) is 20.9 Å². The Morgan fingerprint density at radius 2 is 1.79 bits per heavy atom. The topological polar surface area (TPSA) is 65.5 Å². The van der Waals surface area contributed by atoms with Crippen molar-refractivity contribution in [2.75, 3.05) is 38.1 Å². The summed E-state index contributed by atoms with van der Waals surface area (Å²) in [4.78, 5) is 9.35. The van der Waals surface area contributed by atoms with Crippen molar-refractivity contribution < 1.29 is 8.42 Å². The van der Waals surface area contributed by atoms with Gasteiger partial charge in [0.25, 0.3) is 0 Å². The van der Waals surface area contributed by atoms with Crippen LogP contribution in [-0.2, 0) is 10.0 Å². The maximum atomic E-state index is 13.7. The largest absolute Gasteiger partial charge is 0.353 e. The Morgan fingerprint density at radius 1 is 1.06 bits per heavy atom. The minimum absolute atomic E-state index is 0.275. The number of benzene rings is 2. The summed E-state index contributed by atoms with van der Waals surface area (Å²) >= 11 is 4.97. The molecular formula is C24H25BrN4O2S2. The highest BCUT2D eigenvalue weighted by atomic mass is 79.9. The average Bonchev–Trinajstić information content (AvgIpc) is 3.16. The zero-order valence-electron chi connectivity index (χ0n) is 18.5. The fourth-order valence-electron chi connectivity index (χ4n) is 4.31. The van der Waals surface area contributed by atoms with Crippen molar-refractivity contribution in [3.8, 4) is 0 Å². The van der Waals surface area contributed by atoms with E-state index in [4.69, 9.17) is 0 Å². The lowest BCUT2D eigenvalue weighted by Gasteiger charge is -2.33. The number of aromatic nitrogens is 1. The smallest absolute Gasteiger partial charge is 0.243 e. The number of halogens is 1. The van der Waals surface area contributed by atoms with E-state index >= 15 is 0 Å². The number of rotatable bonds is 5. The van der Waals surface area contributed by atoms with Crippen molar-refractivity contribution in [1.29, 1.82) is 0 Å². The Balaban J connectivity index is 1.52. The standard InChI is InChI=1S/C24H25BrN4O2S2/c1-16(18-8-7-17-5-3-4-6-19(17)15-18)27-33(30,31)22-21-20(32-23(22)25)9-10-26-24(21)29-13-11-28(2)12-14-29/h3-10,15-16,27H,11-14H2,1-2H3. The minimum Gasteiger partial charge on any atom is -0.353 e. The third kappa shape index (κ3) is 4.40. The van der Waals surface area contributed by atoms with Crippen LogP contribution in [0.1, 0.15) is 18.5 Å². The van der Waals surface area contributed by atoms with Crippen LogP contribution in [-0.4, -0.2) is 51.5 Å². The second kappa shape index (κ2) is 8.96. The molecule has 0 saturated carbocycles. The van der Waals surface area contributed by atoms with Gasteiger partial charge in [0, 0.05) is 43.1 Å². The average molecular weight is 546 g/mol. The molecule has 0 aliphatic carbocycles. The van der Waals surface area contributed by atoms with E-state index < -0.39 is 10.0 Å². The number of thiophene rings is 1. The third-order valence-electron chi connectivity index (χ3n) is 6.17. The summed E-state index contributed by atoms with van der Waals surface area (Å²) < 4.78 is 31.8. The van der Waals surface area contributed by atoms with Crippen molar-refractivity contribution in [3.05, 3.63) is 64.1 Å².